The lowest BCUT2D eigenvalue weighted by atomic mass is 10.1. The predicted octanol–water partition coefficient (Wildman–Crippen LogP) is 4.17. The summed E-state index contributed by atoms with van der Waals surface area (Å²) in [6.45, 7) is 5.62. The molecule has 0 aliphatic rings. The molecule has 0 saturated carbocycles. The van der Waals surface area contributed by atoms with E-state index in [1.165, 1.54) is 11.1 Å². The fraction of sp³-hybridized carbons (Fsp3) is 0.294. The van der Waals surface area contributed by atoms with Gasteiger partial charge in [0.05, 0.1) is 12.1 Å². The number of nitrogens with zero attached hydrogens (tertiary/aromatic N) is 3. The first-order chi connectivity index (χ1) is 10.6. The van der Waals surface area contributed by atoms with Gasteiger partial charge < -0.3 is 4.74 Å². The van der Waals surface area contributed by atoms with E-state index in [0.29, 0.717) is 11.6 Å². The summed E-state index contributed by atoms with van der Waals surface area (Å²) in [7, 11) is 0. The number of halogens is 1. The standard InChI is InChI=1S/C17H18ClN3O/c1-12-10-16-17(11-13(12)2)21(20-19-16)8-3-9-22-15-6-4-14(18)5-7-15/h4-7,10-11H,3,8-9H2,1-2H3. The fourth-order valence-electron chi connectivity index (χ4n) is 2.32. The number of aromatic nitrogens is 3. The molecule has 0 N–H and O–H groups in total. The first kappa shape index (κ1) is 14.9. The van der Waals surface area contributed by atoms with E-state index in [9.17, 15) is 0 Å². The van der Waals surface area contributed by atoms with Gasteiger partial charge in [0.25, 0.3) is 0 Å². The van der Waals surface area contributed by atoms with Crippen LogP contribution in [-0.2, 0) is 6.54 Å². The predicted molar refractivity (Wildman–Crippen MR) is 88.6 cm³/mol. The van der Waals surface area contributed by atoms with Crippen molar-refractivity contribution in [3.05, 3.63) is 52.5 Å². The second-order valence-electron chi connectivity index (χ2n) is 5.39. The van der Waals surface area contributed by atoms with Crippen LogP contribution in [0.1, 0.15) is 17.5 Å². The maximum Gasteiger partial charge on any atom is 0.119 e. The first-order valence-electron chi connectivity index (χ1n) is 7.32. The Morgan fingerprint density at radius 3 is 2.59 bits per heavy atom. The van der Waals surface area contributed by atoms with Crippen LogP contribution in [0.4, 0.5) is 0 Å². The van der Waals surface area contributed by atoms with Crippen molar-refractivity contribution in [1.82, 2.24) is 15.0 Å². The minimum Gasteiger partial charge on any atom is -0.494 e. The van der Waals surface area contributed by atoms with Crippen LogP contribution in [-0.4, -0.2) is 21.6 Å². The third-order valence-electron chi connectivity index (χ3n) is 3.73. The molecule has 0 radical (unpaired) electrons. The van der Waals surface area contributed by atoms with Crippen LogP contribution < -0.4 is 4.74 Å². The summed E-state index contributed by atoms with van der Waals surface area (Å²) < 4.78 is 7.63. The third-order valence-corrected chi connectivity index (χ3v) is 3.98. The molecule has 22 heavy (non-hydrogen) atoms. The molecule has 0 aliphatic carbocycles. The largest absolute Gasteiger partial charge is 0.494 e. The zero-order valence-corrected chi connectivity index (χ0v) is 13.5. The molecule has 0 aliphatic heterocycles. The molecule has 4 nitrogen and oxygen atoms in total. The number of ether oxygens (including phenoxy) is 1. The van der Waals surface area contributed by atoms with Gasteiger partial charge in [-0.25, -0.2) is 4.68 Å². The van der Waals surface area contributed by atoms with Gasteiger partial charge in [0.2, 0.25) is 0 Å². The summed E-state index contributed by atoms with van der Waals surface area (Å²) >= 11 is 5.85. The van der Waals surface area contributed by atoms with Gasteiger partial charge in [-0.15, -0.1) is 5.10 Å². The van der Waals surface area contributed by atoms with Gasteiger partial charge in [0.15, 0.2) is 0 Å². The van der Waals surface area contributed by atoms with Crippen molar-refractivity contribution in [3.8, 4) is 5.75 Å². The summed E-state index contributed by atoms with van der Waals surface area (Å²) in [4.78, 5) is 0. The van der Waals surface area contributed by atoms with Crippen LogP contribution >= 0.6 is 11.6 Å². The highest BCUT2D eigenvalue weighted by atomic mass is 35.5. The van der Waals surface area contributed by atoms with Gasteiger partial charge in [-0.05, 0) is 61.4 Å². The lowest BCUT2D eigenvalue weighted by Crippen LogP contribution is -2.06. The molecule has 3 aromatic rings. The molecular formula is C17H18ClN3O. The second kappa shape index (κ2) is 6.36. The first-order valence-corrected chi connectivity index (χ1v) is 7.70. The highest BCUT2D eigenvalue weighted by molar-refractivity contribution is 6.30. The third kappa shape index (κ3) is 3.22. The topological polar surface area (TPSA) is 39.9 Å². The van der Waals surface area contributed by atoms with Crippen molar-refractivity contribution in [3.63, 3.8) is 0 Å². The molecule has 0 amide bonds. The Kier molecular flexibility index (Phi) is 4.29. The molecule has 0 bridgehead atoms. The Morgan fingerprint density at radius 2 is 1.82 bits per heavy atom. The highest BCUT2D eigenvalue weighted by Crippen LogP contribution is 2.18. The van der Waals surface area contributed by atoms with E-state index < -0.39 is 0 Å². The minimum absolute atomic E-state index is 0.633. The maximum atomic E-state index is 5.85. The van der Waals surface area contributed by atoms with E-state index in [0.717, 1.165) is 29.7 Å². The lowest BCUT2D eigenvalue weighted by Gasteiger charge is -2.07. The SMILES string of the molecule is Cc1cc2nnn(CCCOc3ccc(Cl)cc3)c2cc1C. The van der Waals surface area contributed by atoms with E-state index in [-0.39, 0.29) is 0 Å². The zero-order valence-electron chi connectivity index (χ0n) is 12.7. The van der Waals surface area contributed by atoms with Gasteiger partial charge >= 0.3 is 0 Å². The van der Waals surface area contributed by atoms with Crippen molar-refractivity contribution >= 4 is 22.6 Å². The Morgan fingerprint density at radius 1 is 1.09 bits per heavy atom. The molecule has 0 atom stereocenters. The molecule has 2 aromatic carbocycles. The van der Waals surface area contributed by atoms with E-state index >= 15 is 0 Å². The molecule has 1 heterocycles. The Bertz CT molecular complexity index is 780. The summed E-state index contributed by atoms with van der Waals surface area (Å²) in [6.07, 6.45) is 0.869. The van der Waals surface area contributed by atoms with Gasteiger partial charge in [0, 0.05) is 18.0 Å². The van der Waals surface area contributed by atoms with Crippen LogP contribution in [0.3, 0.4) is 0 Å². The fourth-order valence-corrected chi connectivity index (χ4v) is 2.45. The monoisotopic (exact) mass is 315 g/mol. The van der Waals surface area contributed by atoms with Crippen molar-refractivity contribution in [2.45, 2.75) is 26.8 Å². The minimum atomic E-state index is 0.633. The van der Waals surface area contributed by atoms with Crippen molar-refractivity contribution in [1.29, 1.82) is 0 Å². The van der Waals surface area contributed by atoms with Crippen LogP contribution in [0.25, 0.3) is 11.0 Å². The van der Waals surface area contributed by atoms with Gasteiger partial charge in [-0.1, -0.05) is 16.8 Å². The quantitative estimate of drug-likeness (QED) is 0.663. The normalized spacial score (nSPS) is 11.0. The number of rotatable bonds is 5. The van der Waals surface area contributed by atoms with E-state index in [4.69, 9.17) is 16.3 Å². The van der Waals surface area contributed by atoms with Gasteiger partial charge in [0.1, 0.15) is 11.3 Å². The molecule has 0 unspecified atom stereocenters. The van der Waals surface area contributed by atoms with E-state index in [1.807, 2.05) is 28.9 Å². The van der Waals surface area contributed by atoms with Gasteiger partial charge in [-0.2, -0.15) is 0 Å². The van der Waals surface area contributed by atoms with E-state index in [2.05, 4.69) is 36.3 Å². The van der Waals surface area contributed by atoms with Crippen LogP contribution in [0, 0.1) is 13.8 Å². The highest BCUT2D eigenvalue weighted by Gasteiger charge is 2.06. The average molecular weight is 316 g/mol. The van der Waals surface area contributed by atoms with Crippen molar-refractivity contribution in [2.24, 2.45) is 0 Å². The molecular weight excluding hydrogens is 298 g/mol. The molecule has 0 saturated heterocycles. The Balaban J connectivity index is 1.60. The van der Waals surface area contributed by atoms with Gasteiger partial charge in [-0.3, -0.25) is 0 Å². The number of aryl methyl sites for hydroxylation is 3. The second-order valence-corrected chi connectivity index (χ2v) is 5.83. The smallest absolute Gasteiger partial charge is 0.119 e. The molecule has 3 rings (SSSR count). The molecule has 114 valence electrons. The molecule has 1 aromatic heterocycles. The van der Waals surface area contributed by atoms with Crippen LogP contribution in [0.15, 0.2) is 36.4 Å². The van der Waals surface area contributed by atoms with Crippen molar-refractivity contribution in [2.75, 3.05) is 6.61 Å². The maximum absolute atomic E-state index is 5.85. The number of hydrogen-bond acceptors (Lipinski definition) is 3. The number of hydrogen-bond donors (Lipinski definition) is 0. The zero-order chi connectivity index (χ0) is 15.5. The lowest BCUT2D eigenvalue weighted by molar-refractivity contribution is 0.299. The number of benzene rings is 2. The summed E-state index contributed by atoms with van der Waals surface area (Å²) in [5, 5.41) is 9.17. The number of fused-ring (bicyclic) bond motifs is 1. The van der Waals surface area contributed by atoms with Crippen LogP contribution in [0.5, 0.6) is 5.75 Å². The molecule has 0 spiro atoms. The summed E-state index contributed by atoms with van der Waals surface area (Å²) in [5.41, 5.74) is 4.52. The Hall–Kier alpha value is -2.07. The molecule has 5 heteroatoms. The summed E-state index contributed by atoms with van der Waals surface area (Å²) in [5.74, 6) is 0.833. The summed E-state index contributed by atoms with van der Waals surface area (Å²) in [6, 6.07) is 11.6. The molecule has 0 fully saturated rings. The average Bonchev–Trinajstić information content (AvgIpc) is 2.88. The van der Waals surface area contributed by atoms with Crippen LogP contribution in [0.2, 0.25) is 5.02 Å². The Labute approximate surface area is 134 Å². The van der Waals surface area contributed by atoms with Crippen molar-refractivity contribution < 1.29 is 4.74 Å². The van der Waals surface area contributed by atoms with E-state index in [1.54, 1.807) is 0 Å².